The predicted octanol–water partition coefficient (Wildman–Crippen LogP) is 4.99. The van der Waals surface area contributed by atoms with Gasteiger partial charge < -0.3 is 5.32 Å². The summed E-state index contributed by atoms with van der Waals surface area (Å²) in [6.45, 7) is 6.07. The molecule has 0 radical (unpaired) electrons. The second-order valence-electron chi connectivity index (χ2n) is 8.65. The molecule has 1 amide bonds. The van der Waals surface area contributed by atoms with Crippen LogP contribution in [0.3, 0.4) is 0 Å². The zero-order valence-electron chi connectivity index (χ0n) is 19.3. The number of benzene rings is 2. The van der Waals surface area contributed by atoms with E-state index in [1.807, 2.05) is 50.7 Å². The minimum absolute atomic E-state index is 0.183. The number of sulfonamides is 1. The lowest BCUT2D eigenvalue weighted by Crippen LogP contribution is -2.41. The van der Waals surface area contributed by atoms with Gasteiger partial charge in [-0.1, -0.05) is 43.0 Å². The molecule has 1 N–H and O–H groups in total. The molecule has 1 saturated carbocycles. The standard InChI is InChI=1S/C25H34N2O3S2/c1-19-9-11-24(12-10-19)32(29,30)27(22-16-20(2)15-21(3)17-22)18-25(28)26-13-14-31-23-7-5-4-6-8-23/h9-12,15-17,23H,4-8,13-14,18H2,1-3H3,(H,26,28). The molecule has 1 fully saturated rings. The normalized spacial score (nSPS) is 14.8. The molecule has 0 bridgehead atoms. The largest absolute Gasteiger partial charge is 0.354 e. The molecule has 0 aliphatic heterocycles. The van der Waals surface area contributed by atoms with Crippen molar-refractivity contribution in [3.8, 4) is 0 Å². The summed E-state index contributed by atoms with van der Waals surface area (Å²) in [4.78, 5) is 12.9. The molecule has 0 heterocycles. The van der Waals surface area contributed by atoms with Crippen molar-refractivity contribution in [2.75, 3.05) is 23.1 Å². The molecule has 174 valence electrons. The van der Waals surface area contributed by atoms with Crippen molar-refractivity contribution in [2.24, 2.45) is 0 Å². The van der Waals surface area contributed by atoms with Gasteiger partial charge in [0.15, 0.2) is 0 Å². The zero-order chi connectivity index (χ0) is 23.1. The third-order valence-corrected chi connectivity index (χ3v) is 8.89. The lowest BCUT2D eigenvalue weighted by Gasteiger charge is -2.25. The van der Waals surface area contributed by atoms with E-state index in [-0.39, 0.29) is 17.3 Å². The Morgan fingerprint density at radius 1 is 0.969 bits per heavy atom. The monoisotopic (exact) mass is 474 g/mol. The maximum absolute atomic E-state index is 13.5. The number of carbonyl (C=O) groups excluding carboxylic acids is 1. The molecule has 7 heteroatoms. The first-order valence-electron chi connectivity index (χ1n) is 11.3. The quantitative estimate of drug-likeness (QED) is 0.520. The SMILES string of the molecule is Cc1ccc(S(=O)(=O)N(CC(=O)NCCSC2CCCCC2)c2cc(C)cc(C)c2)cc1. The molecule has 0 atom stereocenters. The van der Waals surface area contributed by atoms with E-state index in [1.165, 1.54) is 36.4 Å². The molecule has 3 rings (SSSR count). The van der Waals surface area contributed by atoms with E-state index in [0.29, 0.717) is 17.5 Å². The number of nitrogens with one attached hydrogen (secondary N) is 1. The molecule has 1 aliphatic carbocycles. The molecule has 0 saturated heterocycles. The minimum atomic E-state index is -3.88. The molecular formula is C25H34N2O3S2. The zero-order valence-corrected chi connectivity index (χ0v) is 20.9. The van der Waals surface area contributed by atoms with Crippen LogP contribution in [0.25, 0.3) is 0 Å². The van der Waals surface area contributed by atoms with E-state index in [9.17, 15) is 13.2 Å². The number of aryl methyl sites for hydroxylation is 3. The fourth-order valence-electron chi connectivity index (χ4n) is 4.08. The van der Waals surface area contributed by atoms with Crippen LogP contribution in [-0.4, -0.2) is 38.4 Å². The van der Waals surface area contributed by atoms with Gasteiger partial charge >= 0.3 is 0 Å². The number of rotatable bonds is 9. The fraction of sp³-hybridized carbons (Fsp3) is 0.480. The van der Waals surface area contributed by atoms with Gasteiger partial charge in [-0.25, -0.2) is 8.42 Å². The molecule has 0 spiro atoms. The molecule has 2 aromatic rings. The van der Waals surface area contributed by atoms with E-state index >= 15 is 0 Å². The Kier molecular flexibility index (Phi) is 8.65. The first-order chi connectivity index (χ1) is 15.3. The number of hydrogen-bond donors (Lipinski definition) is 1. The first-order valence-corrected chi connectivity index (χ1v) is 13.8. The van der Waals surface area contributed by atoms with Crippen LogP contribution in [0, 0.1) is 20.8 Å². The Morgan fingerprint density at radius 3 is 2.22 bits per heavy atom. The van der Waals surface area contributed by atoms with E-state index in [2.05, 4.69) is 5.32 Å². The Hall–Kier alpha value is -1.99. The van der Waals surface area contributed by atoms with Gasteiger partial charge in [-0.3, -0.25) is 9.10 Å². The summed E-state index contributed by atoms with van der Waals surface area (Å²) in [5.74, 6) is 0.564. The smallest absolute Gasteiger partial charge is 0.264 e. The van der Waals surface area contributed by atoms with Crippen LogP contribution in [0.1, 0.15) is 48.8 Å². The van der Waals surface area contributed by atoms with Gasteiger partial charge in [-0.05, 0) is 69.0 Å². The van der Waals surface area contributed by atoms with Gasteiger partial charge in [0.25, 0.3) is 10.0 Å². The second-order valence-corrected chi connectivity index (χ2v) is 11.9. The third-order valence-electron chi connectivity index (χ3n) is 5.72. The lowest BCUT2D eigenvalue weighted by molar-refractivity contribution is -0.119. The molecule has 5 nitrogen and oxygen atoms in total. The number of amides is 1. The van der Waals surface area contributed by atoms with E-state index in [1.54, 1.807) is 24.3 Å². The van der Waals surface area contributed by atoms with Crippen molar-refractivity contribution in [1.29, 1.82) is 0 Å². The fourth-order valence-corrected chi connectivity index (χ4v) is 6.71. The van der Waals surface area contributed by atoms with Crippen molar-refractivity contribution in [3.05, 3.63) is 59.2 Å². The highest BCUT2D eigenvalue weighted by molar-refractivity contribution is 7.99. The van der Waals surface area contributed by atoms with Crippen molar-refractivity contribution in [1.82, 2.24) is 5.32 Å². The van der Waals surface area contributed by atoms with Crippen LogP contribution in [0.4, 0.5) is 5.69 Å². The molecular weight excluding hydrogens is 440 g/mol. The van der Waals surface area contributed by atoms with E-state index < -0.39 is 10.0 Å². The molecule has 0 aromatic heterocycles. The Morgan fingerprint density at radius 2 is 1.59 bits per heavy atom. The Balaban J connectivity index is 1.72. The minimum Gasteiger partial charge on any atom is -0.354 e. The highest BCUT2D eigenvalue weighted by Crippen LogP contribution is 2.28. The van der Waals surface area contributed by atoms with Crippen LogP contribution in [0.15, 0.2) is 47.4 Å². The number of carbonyl (C=O) groups is 1. The van der Waals surface area contributed by atoms with E-state index in [0.717, 1.165) is 22.4 Å². The number of thioether (sulfide) groups is 1. The predicted molar refractivity (Wildman–Crippen MR) is 134 cm³/mol. The van der Waals surface area contributed by atoms with Crippen LogP contribution >= 0.6 is 11.8 Å². The Labute approximate surface area is 197 Å². The lowest BCUT2D eigenvalue weighted by atomic mass is 10.0. The maximum Gasteiger partial charge on any atom is 0.264 e. The molecule has 2 aromatic carbocycles. The van der Waals surface area contributed by atoms with Gasteiger partial charge in [-0.15, -0.1) is 0 Å². The van der Waals surface area contributed by atoms with Crippen molar-refractivity contribution < 1.29 is 13.2 Å². The van der Waals surface area contributed by atoms with E-state index in [4.69, 9.17) is 0 Å². The molecule has 32 heavy (non-hydrogen) atoms. The number of anilines is 1. The summed E-state index contributed by atoms with van der Waals surface area (Å²) in [6.07, 6.45) is 6.44. The number of nitrogens with zero attached hydrogens (tertiary/aromatic N) is 1. The summed E-state index contributed by atoms with van der Waals surface area (Å²) < 4.78 is 28.2. The summed E-state index contributed by atoms with van der Waals surface area (Å²) in [7, 11) is -3.88. The van der Waals surface area contributed by atoms with Crippen LogP contribution in [0.2, 0.25) is 0 Å². The Bertz CT molecular complexity index is 994. The number of hydrogen-bond acceptors (Lipinski definition) is 4. The maximum atomic E-state index is 13.5. The van der Waals surface area contributed by atoms with Gasteiger partial charge in [0.1, 0.15) is 6.54 Å². The molecule has 1 aliphatic rings. The highest BCUT2D eigenvalue weighted by Gasteiger charge is 2.27. The topological polar surface area (TPSA) is 66.5 Å². The molecule has 0 unspecified atom stereocenters. The average molecular weight is 475 g/mol. The van der Waals surface area contributed by atoms with Crippen molar-refractivity contribution in [3.63, 3.8) is 0 Å². The summed E-state index contributed by atoms with van der Waals surface area (Å²) >= 11 is 1.92. The van der Waals surface area contributed by atoms with Gasteiger partial charge in [0, 0.05) is 17.5 Å². The van der Waals surface area contributed by atoms with Crippen molar-refractivity contribution >= 4 is 33.4 Å². The third kappa shape index (κ3) is 6.75. The average Bonchev–Trinajstić information content (AvgIpc) is 2.75. The first kappa shape index (κ1) is 24.6. The van der Waals surface area contributed by atoms with Crippen LogP contribution in [0.5, 0.6) is 0 Å². The highest BCUT2D eigenvalue weighted by atomic mass is 32.2. The van der Waals surface area contributed by atoms with Crippen LogP contribution < -0.4 is 9.62 Å². The summed E-state index contributed by atoms with van der Waals surface area (Å²) in [5.41, 5.74) is 3.40. The second kappa shape index (κ2) is 11.2. The van der Waals surface area contributed by atoms with Gasteiger partial charge in [0.05, 0.1) is 10.6 Å². The van der Waals surface area contributed by atoms with Gasteiger partial charge in [0.2, 0.25) is 5.91 Å². The summed E-state index contributed by atoms with van der Waals surface area (Å²) in [5, 5.41) is 3.61. The summed E-state index contributed by atoms with van der Waals surface area (Å²) in [6, 6.07) is 12.3. The van der Waals surface area contributed by atoms with Gasteiger partial charge in [-0.2, -0.15) is 11.8 Å². The van der Waals surface area contributed by atoms with Crippen LogP contribution in [-0.2, 0) is 14.8 Å². The van der Waals surface area contributed by atoms with Crippen molar-refractivity contribution in [2.45, 2.75) is 63.0 Å².